The summed E-state index contributed by atoms with van der Waals surface area (Å²) in [6, 6.07) is 8.67. The van der Waals surface area contributed by atoms with E-state index in [-0.39, 0.29) is 35.5 Å². The molecule has 224 valence electrons. The standard InChI is InChI=1S/C33H47N3O4S/c1-6-10-20-34(18-7-2)32(40)29-33-17-16-26(41-33)27(28(33)31(39)36(29)25(22-37)23(5)9-4)30(38)35(19-8-3)21-24-14-12-11-13-15-24/h7-8,11-15,23,25-29,37H,2-3,6,9-10,16-22H2,1,4-5H3/t23-,25-,26+,27-,28-,29?,33?/m0/s1. The minimum Gasteiger partial charge on any atom is -0.394 e. The van der Waals surface area contributed by atoms with Gasteiger partial charge in [-0.3, -0.25) is 14.4 Å². The molecule has 7 atom stereocenters. The van der Waals surface area contributed by atoms with Crippen molar-refractivity contribution in [3.63, 3.8) is 0 Å². The van der Waals surface area contributed by atoms with Gasteiger partial charge >= 0.3 is 0 Å². The molecule has 8 heteroatoms. The summed E-state index contributed by atoms with van der Waals surface area (Å²) < 4.78 is -0.682. The first-order valence-electron chi connectivity index (χ1n) is 15.2. The highest BCUT2D eigenvalue weighted by molar-refractivity contribution is 8.02. The van der Waals surface area contributed by atoms with Crippen LogP contribution in [0.15, 0.2) is 55.6 Å². The Morgan fingerprint density at radius 3 is 2.44 bits per heavy atom. The molecule has 3 aliphatic rings. The third kappa shape index (κ3) is 5.74. The highest BCUT2D eigenvalue weighted by atomic mass is 32.2. The fraction of sp³-hybridized carbons (Fsp3) is 0.606. The van der Waals surface area contributed by atoms with Crippen LogP contribution in [0.5, 0.6) is 0 Å². The van der Waals surface area contributed by atoms with E-state index in [0.717, 1.165) is 31.2 Å². The van der Waals surface area contributed by atoms with E-state index in [2.05, 4.69) is 20.1 Å². The van der Waals surface area contributed by atoms with E-state index in [1.165, 1.54) is 0 Å². The maximum Gasteiger partial charge on any atom is 0.247 e. The van der Waals surface area contributed by atoms with Crippen LogP contribution in [0.2, 0.25) is 0 Å². The van der Waals surface area contributed by atoms with Crippen LogP contribution in [0, 0.1) is 17.8 Å². The second-order valence-electron chi connectivity index (χ2n) is 11.9. The molecule has 41 heavy (non-hydrogen) atoms. The van der Waals surface area contributed by atoms with Gasteiger partial charge in [0.05, 0.1) is 29.2 Å². The Labute approximate surface area is 250 Å². The number of nitrogens with zero attached hydrogens (tertiary/aromatic N) is 3. The summed E-state index contributed by atoms with van der Waals surface area (Å²) in [5.74, 6) is -1.37. The van der Waals surface area contributed by atoms with Gasteiger partial charge in [-0.25, -0.2) is 0 Å². The zero-order chi connectivity index (χ0) is 29.7. The summed E-state index contributed by atoms with van der Waals surface area (Å²) >= 11 is 1.69. The number of unbranched alkanes of at least 4 members (excludes halogenated alkanes) is 1. The third-order valence-corrected chi connectivity index (χ3v) is 11.4. The van der Waals surface area contributed by atoms with Gasteiger partial charge in [0.15, 0.2) is 0 Å². The molecule has 2 unspecified atom stereocenters. The van der Waals surface area contributed by atoms with Crippen molar-refractivity contribution in [3.8, 4) is 0 Å². The van der Waals surface area contributed by atoms with Gasteiger partial charge in [0.2, 0.25) is 17.7 Å². The Morgan fingerprint density at radius 1 is 1.15 bits per heavy atom. The van der Waals surface area contributed by atoms with Crippen molar-refractivity contribution < 1.29 is 19.5 Å². The highest BCUT2D eigenvalue weighted by Gasteiger charge is 2.74. The van der Waals surface area contributed by atoms with Gasteiger partial charge in [-0.15, -0.1) is 24.9 Å². The number of rotatable bonds is 15. The predicted molar refractivity (Wildman–Crippen MR) is 165 cm³/mol. The lowest BCUT2D eigenvalue weighted by atomic mass is 9.70. The van der Waals surface area contributed by atoms with Crippen molar-refractivity contribution in [2.75, 3.05) is 26.2 Å². The highest BCUT2D eigenvalue weighted by Crippen LogP contribution is 2.67. The van der Waals surface area contributed by atoms with Crippen molar-refractivity contribution >= 4 is 29.5 Å². The number of carbonyl (C=O) groups excluding carboxylic acids is 3. The Morgan fingerprint density at radius 2 is 1.83 bits per heavy atom. The van der Waals surface area contributed by atoms with Gasteiger partial charge in [-0.05, 0) is 30.7 Å². The molecule has 0 radical (unpaired) electrons. The summed E-state index contributed by atoms with van der Waals surface area (Å²) in [7, 11) is 0. The van der Waals surface area contributed by atoms with Gasteiger partial charge in [0.1, 0.15) is 6.04 Å². The van der Waals surface area contributed by atoms with E-state index in [4.69, 9.17) is 0 Å². The predicted octanol–water partition coefficient (Wildman–Crippen LogP) is 4.51. The van der Waals surface area contributed by atoms with Crippen LogP contribution in [-0.4, -0.2) is 85.8 Å². The van der Waals surface area contributed by atoms with Crippen molar-refractivity contribution in [1.82, 2.24) is 14.7 Å². The minimum absolute atomic E-state index is 0.00432. The zero-order valence-electron chi connectivity index (χ0n) is 24.9. The number of fused-ring (bicyclic) bond motifs is 1. The van der Waals surface area contributed by atoms with Gasteiger partial charge in [0.25, 0.3) is 0 Å². The smallest absolute Gasteiger partial charge is 0.247 e. The van der Waals surface area contributed by atoms with Crippen molar-refractivity contribution in [3.05, 3.63) is 61.2 Å². The summed E-state index contributed by atoms with van der Waals surface area (Å²) in [4.78, 5) is 48.7. The molecule has 1 aromatic rings. The van der Waals surface area contributed by atoms with E-state index in [0.29, 0.717) is 32.6 Å². The van der Waals surface area contributed by atoms with E-state index in [1.54, 1.807) is 33.7 Å². The molecule has 3 heterocycles. The molecule has 3 aliphatic heterocycles. The van der Waals surface area contributed by atoms with E-state index >= 15 is 0 Å². The molecule has 7 nitrogen and oxygen atoms in total. The molecule has 2 bridgehead atoms. The molecule has 4 rings (SSSR count). The summed E-state index contributed by atoms with van der Waals surface area (Å²) in [6.07, 6.45) is 7.55. The summed E-state index contributed by atoms with van der Waals surface area (Å²) in [6.45, 7) is 15.5. The quantitative estimate of drug-likeness (QED) is 0.308. The number of likely N-dealkylation sites (tertiary alicyclic amines) is 1. The molecule has 3 fully saturated rings. The fourth-order valence-electron chi connectivity index (χ4n) is 7.20. The van der Waals surface area contributed by atoms with Gasteiger partial charge < -0.3 is 19.8 Å². The maximum atomic E-state index is 14.6. The number of carbonyl (C=O) groups is 3. The maximum absolute atomic E-state index is 14.6. The van der Waals surface area contributed by atoms with Crippen LogP contribution in [0.3, 0.4) is 0 Å². The second kappa shape index (κ2) is 13.6. The Hall–Kier alpha value is -2.58. The number of benzene rings is 1. The molecule has 0 aliphatic carbocycles. The lowest BCUT2D eigenvalue weighted by Gasteiger charge is -2.41. The Kier molecular flexibility index (Phi) is 10.4. The van der Waals surface area contributed by atoms with Crippen LogP contribution in [0.25, 0.3) is 0 Å². The van der Waals surface area contributed by atoms with E-state index in [1.807, 2.05) is 49.1 Å². The average molecular weight is 582 g/mol. The number of thioether (sulfide) groups is 1. The molecule has 3 amide bonds. The first-order chi connectivity index (χ1) is 19.8. The van der Waals surface area contributed by atoms with Crippen LogP contribution < -0.4 is 0 Å². The number of amides is 3. The topological polar surface area (TPSA) is 81.2 Å². The summed E-state index contributed by atoms with van der Waals surface area (Å²) in [5.41, 5.74) is 1.02. The minimum atomic E-state index is -0.710. The lowest BCUT2D eigenvalue weighted by Crippen LogP contribution is -2.58. The number of hydrogen-bond acceptors (Lipinski definition) is 5. The molecular formula is C33H47N3O4S. The SMILES string of the molecule is C=CCN(CCCC)C(=O)C1N([C@@H](CO)[C@@H](C)CC)C(=O)[C@@H]2[C@@H](C(=O)N(CC=C)Cc3ccccc3)[C@H]3CCC12S3. The Balaban J connectivity index is 1.75. The number of hydrogen-bond donors (Lipinski definition) is 1. The largest absolute Gasteiger partial charge is 0.394 e. The van der Waals surface area contributed by atoms with Gasteiger partial charge in [0, 0.05) is 31.4 Å². The Bertz CT molecular complexity index is 1110. The molecule has 1 aromatic carbocycles. The zero-order valence-corrected chi connectivity index (χ0v) is 25.7. The summed E-state index contributed by atoms with van der Waals surface area (Å²) in [5, 5.41) is 10.6. The van der Waals surface area contributed by atoms with Gasteiger partial charge in [-0.2, -0.15) is 0 Å². The van der Waals surface area contributed by atoms with Crippen molar-refractivity contribution in [1.29, 1.82) is 0 Å². The van der Waals surface area contributed by atoms with E-state index in [9.17, 15) is 19.5 Å². The lowest BCUT2D eigenvalue weighted by molar-refractivity contribution is -0.148. The van der Waals surface area contributed by atoms with Crippen LogP contribution in [-0.2, 0) is 20.9 Å². The molecule has 0 saturated carbocycles. The number of aliphatic hydroxyl groups excluding tert-OH is 1. The molecule has 1 spiro atoms. The van der Waals surface area contributed by atoms with Crippen LogP contribution in [0.1, 0.15) is 58.4 Å². The molecule has 1 N–H and O–H groups in total. The molecular weight excluding hydrogens is 534 g/mol. The van der Waals surface area contributed by atoms with Crippen molar-refractivity contribution in [2.24, 2.45) is 17.8 Å². The third-order valence-electron chi connectivity index (χ3n) is 9.42. The first-order valence-corrected chi connectivity index (χ1v) is 16.1. The van der Waals surface area contributed by atoms with E-state index < -0.39 is 28.7 Å². The average Bonchev–Trinajstić information content (AvgIpc) is 3.63. The van der Waals surface area contributed by atoms with Crippen LogP contribution >= 0.6 is 11.8 Å². The molecule has 3 saturated heterocycles. The van der Waals surface area contributed by atoms with Crippen molar-refractivity contribution in [2.45, 2.75) is 81.5 Å². The second-order valence-corrected chi connectivity index (χ2v) is 13.5. The monoisotopic (exact) mass is 581 g/mol. The molecule has 0 aromatic heterocycles. The van der Waals surface area contributed by atoms with Crippen LogP contribution in [0.4, 0.5) is 0 Å². The van der Waals surface area contributed by atoms with Gasteiger partial charge in [-0.1, -0.05) is 76.1 Å². The normalized spacial score (nSPS) is 27.8. The number of aliphatic hydroxyl groups is 1. The fourth-order valence-corrected chi connectivity index (χ4v) is 9.39. The first kappa shape index (κ1) is 31.4.